The summed E-state index contributed by atoms with van der Waals surface area (Å²) in [5.74, 6) is -1.03. The SMILES string of the molecule is O=Nc1c(O)n(CO)c(=O)n(CO)c1=O. The number of hydrogen-bond donors (Lipinski definition) is 3. The van der Waals surface area contributed by atoms with Gasteiger partial charge >= 0.3 is 5.69 Å². The van der Waals surface area contributed by atoms with E-state index in [1.165, 1.54) is 0 Å². The maximum Gasteiger partial charge on any atom is 0.337 e. The Morgan fingerprint density at radius 3 is 2.07 bits per heavy atom. The molecular weight excluding hydrogens is 210 g/mol. The quantitative estimate of drug-likeness (QED) is 0.502. The number of nitroso groups, excluding NO2 is 1. The van der Waals surface area contributed by atoms with E-state index in [9.17, 15) is 19.6 Å². The maximum atomic E-state index is 11.2. The molecule has 0 aliphatic rings. The summed E-state index contributed by atoms with van der Waals surface area (Å²) in [5, 5.41) is 28.8. The first kappa shape index (κ1) is 11.1. The highest BCUT2D eigenvalue weighted by atomic mass is 16.3. The van der Waals surface area contributed by atoms with Crippen LogP contribution in [0.25, 0.3) is 0 Å². The molecule has 0 unspecified atom stereocenters. The van der Waals surface area contributed by atoms with Gasteiger partial charge in [0.25, 0.3) is 5.56 Å². The van der Waals surface area contributed by atoms with Crippen molar-refractivity contribution in [2.24, 2.45) is 5.18 Å². The summed E-state index contributed by atoms with van der Waals surface area (Å²) < 4.78 is 0.557. The summed E-state index contributed by atoms with van der Waals surface area (Å²) in [7, 11) is 0. The highest BCUT2D eigenvalue weighted by Gasteiger charge is 2.18. The Morgan fingerprint density at radius 2 is 1.67 bits per heavy atom. The third kappa shape index (κ3) is 1.53. The molecule has 0 aliphatic heterocycles. The van der Waals surface area contributed by atoms with Gasteiger partial charge in [-0.05, 0) is 5.18 Å². The number of aromatic nitrogens is 2. The molecule has 1 aromatic rings. The normalized spacial score (nSPS) is 10.3. The van der Waals surface area contributed by atoms with Gasteiger partial charge in [-0.3, -0.25) is 4.79 Å². The van der Waals surface area contributed by atoms with Crippen molar-refractivity contribution in [1.29, 1.82) is 0 Å². The molecule has 0 radical (unpaired) electrons. The first-order valence-corrected chi connectivity index (χ1v) is 3.70. The van der Waals surface area contributed by atoms with Crippen LogP contribution in [-0.4, -0.2) is 24.5 Å². The van der Waals surface area contributed by atoms with E-state index in [0.717, 1.165) is 0 Å². The fourth-order valence-electron chi connectivity index (χ4n) is 1.01. The van der Waals surface area contributed by atoms with E-state index in [2.05, 4.69) is 5.18 Å². The molecule has 82 valence electrons. The summed E-state index contributed by atoms with van der Waals surface area (Å²) >= 11 is 0. The fourth-order valence-corrected chi connectivity index (χ4v) is 1.01. The van der Waals surface area contributed by atoms with Crippen molar-refractivity contribution in [1.82, 2.24) is 9.13 Å². The average molecular weight is 217 g/mol. The number of rotatable bonds is 3. The van der Waals surface area contributed by atoms with Crippen LogP contribution in [0.5, 0.6) is 5.88 Å². The molecule has 0 aliphatic carbocycles. The summed E-state index contributed by atoms with van der Waals surface area (Å²) in [4.78, 5) is 32.6. The van der Waals surface area contributed by atoms with Gasteiger partial charge in [0.15, 0.2) is 0 Å². The second-order valence-electron chi connectivity index (χ2n) is 2.49. The number of nitrogens with zero attached hydrogens (tertiary/aromatic N) is 3. The second-order valence-corrected chi connectivity index (χ2v) is 2.49. The van der Waals surface area contributed by atoms with E-state index in [-0.39, 0.29) is 4.57 Å². The number of aliphatic hydroxyl groups is 2. The lowest BCUT2D eigenvalue weighted by Gasteiger charge is -2.08. The molecule has 0 spiro atoms. The Morgan fingerprint density at radius 1 is 1.13 bits per heavy atom. The minimum atomic E-state index is -1.22. The summed E-state index contributed by atoms with van der Waals surface area (Å²) in [6.45, 7) is -1.94. The molecule has 0 bridgehead atoms. The number of aliphatic hydroxyl groups excluding tert-OH is 2. The molecular formula is C6H7N3O6. The van der Waals surface area contributed by atoms with Crippen LogP contribution in [-0.2, 0) is 13.5 Å². The van der Waals surface area contributed by atoms with Gasteiger partial charge in [-0.25, -0.2) is 13.9 Å². The molecule has 0 saturated heterocycles. The second kappa shape index (κ2) is 4.02. The van der Waals surface area contributed by atoms with Gasteiger partial charge in [-0.1, -0.05) is 0 Å². The van der Waals surface area contributed by atoms with Crippen LogP contribution < -0.4 is 11.2 Å². The first-order valence-electron chi connectivity index (χ1n) is 3.70. The van der Waals surface area contributed by atoms with Crippen molar-refractivity contribution in [2.75, 3.05) is 0 Å². The van der Waals surface area contributed by atoms with Crippen LogP contribution in [0.4, 0.5) is 5.69 Å². The monoisotopic (exact) mass is 217 g/mol. The molecule has 0 fully saturated rings. The third-order valence-electron chi connectivity index (χ3n) is 1.75. The Balaban J connectivity index is 3.81. The van der Waals surface area contributed by atoms with Crippen LogP contribution in [0.3, 0.4) is 0 Å². The Hall–Kier alpha value is -2.00. The van der Waals surface area contributed by atoms with E-state index in [1.54, 1.807) is 0 Å². The smallest absolute Gasteiger partial charge is 0.337 e. The van der Waals surface area contributed by atoms with Crippen molar-refractivity contribution in [2.45, 2.75) is 13.5 Å². The molecule has 0 amide bonds. The summed E-state index contributed by atoms with van der Waals surface area (Å²) in [6, 6.07) is 0. The predicted molar refractivity (Wildman–Crippen MR) is 46.5 cm³/mol. The van der Waals surface area contributed by atoms with Crippen LogP contribution >= 0.6 is 0 Å². The zero-order valence-electron chi connectivity index (χ0n) is 7.32. The van der Waals surface area contributed by atoms with Gasteiger partial charge in [0, 0.05) is 0 Å². The largest absolute Gasteiger partial charge is 0.493 e. The van der Waals surface area contributed by atoms with Crippen LogP contribution in [0.15, 0.2) is 14.8 Å². The molecule has 1 aromatic heterocycles. The van der Waals surface area contributed by atoms with Gasteiger partial charge < -0.3 is 15.3 Å². The van der Waals surface area contributed by atoms with Gasteiger partial charge in [-0.15, -0.1) is 4.91 Å². The van der Waals surface area contributed by atoms with Gasteiger partial charge in [0.1, 0.15) is 13.5 Å². The zero-order valence-corrected chi connectivity index (χ0v) is 7.32. The van der Waals surface area contributed by atoms with Crippen molar-refractivity contribution in [3.8, 4) is 5.88 Å². The van der Waals surface area contributed by atoms with Crippen molar-refractivity contribution < 1.29 is 15.3 Å². The number of hydrogen-bond acceptors (Lipinski definition) is 7. The lowest BCUT2D eigenvalue weighted by molar-refractivity contribution is 0.165. The van der Waals surface area contributed by atoms with Crippen LogP contribution in [0.1, 0.15) is 0 Å². The van der Waals surface area contributed by atoms with Crippen molar-refractivity contribution in [3.63, 3.8) is 0 Å². The Bertz CT molecular complexity index is 501. The fraction of sp³-hybridized carbons (Fsp3) is 0.333. The highest BCUT2D eigenvalue weighted by molar-refractivity contribution is 5.43. The number of aromatic hydroxyl groups is 1. The lowest BCUT2D eigenvalue weighted by Crippen LogP contribution is -2.39. The summed E-state index contributed by atoms with van der Waals surface area (Å²) in [5.41, 5.74) is -3.31. The van der Waals surface area contributed by atoms with Crippen LogP contribution in [0, 0.1) is 4.91 Å². The molecule has 1 heterocycles. The molecule has 9 heteroatoms. The third-order valence-corrected chi connectivity index (χ3v) is 1.75. The summed E-state index contributed by atoms with van der Waals surface area (Å²) in [6.07, 6.45) is 0. The molecule has 1 rings (SSSR count). The van der Waals surface area contributed by atoms with E-state index in [0.29, 0.717) is 4.57 Å². The first-order chi connectivity index (χ1) is 7.08. The minimum absolute atomic E-state index is 0.243. The molecule has 0 aromatic carbocycles. The highest BCUT2D eigenvalue weighted by Crippen LogP contribution is 2.18. The lowest BCUT2D eigenvalue weighted by atomic mass is 10.5. The standard InChI is InChI=1S/C6H7N3O6/c10-1-8-4(12)3(7-15)5(13)9(2-11)6(8)14/h10-12H,1-2H2. The minimum Gasteiger partial charge on any atom is -0.493 e. The molecule has 0 atom stereocenters. The maximum absolute atomic E-state index is 11.2. The predicted octanol–water partition coefficient (Wildman–Crippen LogP) is -1.99. The van der Waals surface area contributed by atoms with Crippen molar-refractivity contribution >= 4 is 5.69 Å². The van der Waals surface area contributed by atoms with E-state index in [1.807, 2.05) is 0 Å². The van der Waals surface area contributed by atoms with Crippen molar-refractivity contribution in [3.05, 3.63) is 25.7 Å². The average Bonchev–Trinajstić information content (AvgIpc) is 2.19. The molecule has 3 N–H and O–H groups in total. The van der Waals surface area contributed by atoms with Crippen LogP contribution in [0.2, 0.25) is 0 Å². The topological polar surface area (TPSA) is 134 Å². The molecule has 9 nitrogen and oxygen atoms in total. The Kier molecular flexibility index (Phi) is 2.97. The van der Waals surface area contributed by atoms with Gasteiger partial charge in [0.05, 0.1) is 0 Å². The zero-order chi connectivity index (χ0) is 11.6. The molecule has 15 heavy (non-hydrogen) atoms. The van der Waals surface area contributed by atoms with E-state index >= 15 is 0 Å². The van der Waals surface area contributed by atoms with E-state index < -0.39 is 36.3 Å². The Labute approximate surface area is 81.4 Å². The van der Waals surface area contributed by atoms with Gasteiger partial charge in [0.2, 0.25) is 11.6 Å². The van der Waals surface area contributed by atoms with Gasteiger partial charge in [-0.2, -0.15) is 0 Å². The van der Waals surface area contributed by atoms with E-state index in [4.69, 9.17) is 10.2 Å². The molecule has 0 saturated carbocycles.